The number of rotatable bonds is 5. The number of hydrogen-bond donors (Lipinski definition) is 1. The van der Waals surface area contributed by atoms with Crippen molar-refractivity contribution in [1.82, 2.24) is 10.3 Å². The second-order valence-electron chi connectivity index (χ2n) is 4.63. The van der Waals surface area contributed by atoms with Gasteiger partial charge in [0.25, 0.3) is 0 Å². The van der Waals surface area contributed by atoms with Crippen LogP contribution in [0.1, 0.15) is 32.3 Å². The average molecular weight is 228 g/mol. The van der Waals surface area contributed by atoms with E-state index in [-0.39, 0.29) is 0 Å². The van der Waals surface area contributed by atoms with Gasteiger partial charge in [0.1, 0.15) is 0 Å². The molecule has 0 bridgehead atoms. The Morgan fingerprint density at radius 3 is 2.94 bits per heavy atom. The maximum absolute atomic E-state index is 4.13. The van der Waals surface area contributed by atoms with Crippen LogP contribution in [0.5, 0.6) is 0 Å². The van der Waals surface area contributed by atoms with E-state index < -0.39 is 0 Å². The molecule has 0 saturated heterocycles. The molecule has 1 aromatic heterocycles. The molecule has 1 aromatic carbocycles. The monoisotopic (exact) mass is 228 g/mol. The van der Waals surface area contributed by atoms with Crippen LogP contribution >= 0.6 is 0 Å². The van der Waals surface area contributed by atoms with Crippen LogP contribution in [0.15, 0.2) is 36.7 Å². The molecule has 0 radical (unpaired) electrons. The van der Waals surface area contributed by atoms with E-state index in [0.29, 0.717) is 6.04 Å². The summed E-state index contributed by atoms with van der Waals surface area (Å²) in [4.78, 5) is 4.13. The molecule has 0 saturated carbocycles. The Morgan fingerprint density at radius 1 is 1.24 bits per heavy atom. The third kappa shape index (κ3) is 3.27. The van der Waals surface area contributed by atoms with Gasteiger partial charge in [-0.15, -0.1) is 0 Å². The van der Waals surface area contributed by atoms with Gasteiger partial charge in [0.15, 0.2) is 0 Å². The van der Waals surface area contributed by atoms with Crippen LogP contribution < -0.4 is 5.32 Å². The summed E-state index contributed by atoms with van der Waals surface area (Å²) in [6, 6.07) is 9.21. The minimum atomic E-state index is 0.591. The van der Waals surface area contributed by atoms with Gasteiger partial charge in [-0.1, -0.05) is 25.5 Å². The number of pyridine rings is 1. The molecule has 0 fully saturated rings. The number of benzene rings is 1. The van der Waals surface area contributed by atoms with Crippen molar-refractivity contribution in [3.05, 3.63) is 42.2 Å². The first-order valence-electron chi connectivity index (χ1n) is 6.35. The largest absolute Gasteiger partial charge is 0.310 e. The Balaban J connectivity index is 2.04. The summed E-state index contributed by atoms with van der Waals surface area (Å²) in [7, 11) is 0. The van der Waals surface area contributed by atoms with E-state index in [2.05, 4.69) is 48.4 Å². The first-order chi connectivity index (χ1) is 8.29. The first-order valence-corrected chi connectivity index (χ1v) is 6.35. The highest BCUT2D eigenvalue weighted by atomic mass is 14.9. The smallest absolute Gasteiger partial charge is 0.0346 e. The van der Waals surface area contributed by atoms with E-state index in [1.807, 2.05) is 12.4 Å². The highest BCUT2D eigenvalue weighted by Gasteiger charge is 2.00. The highest BCUT2D eigenvalue weighted by molar-refractivity contribution is 5.81. The lowest BCUT2D eigenvalue weighted by Crippen LogP contribution is -2.24. The summed E-state index contributed by atoms with van der Waals surface area (Å²) >= 11 is 0. The molecule has 0 spiro atoms. The van der Waals surface area contributed by atoms with E-state index in [4.69, 9.17) is 0 Å². The summed E-state index contributed by atoms with van der Waals surface area (Å²) in [5.41, 5.74) is 1.34. The zero-order chi connectivity index (χ0) is 12.1. The topological polar surface area (TPSA) is 24.9 Å². The molecule has 0 aliphatic rings. The van der Waals surface area contributed by atoms with E-state index >= 15 is 0 Å². The molecule has 1 heterocycles. The molecule has 2 aromatic rings. The van der Waals surface area contributed by atoms with Crippen LogP contribution in [-0.2, 0) is 6.54 Å². The second-order valence-corrected chi connectivity index (χ2v) is 4.63. The summed E-state index contributed by atoms with van der Waals surface area (Å²) in [6.07, 6.45) is 6.22. The van der Waals surface area contributed by atoms with Crippen molar-refractivity contribution in [2.75, 3.05) is 0 Å². The van der Waals surface area contributed by atoms with Crippen molar-refractivity contribution in [2.24, 2.45) is 0 Å². The standard InChI is InChI=1S/C15H20N2/c1-3-4-12(2)17-10-13-5-6-15-11-16-8-7-14(15)9-13/h5-9,11-12,17H,3-4,10H2,1-2H3. The van der Waals surface area contributed by atoms with Crippen LogP contribution in [0.4, 0.5) is 0 Å². The van der Waals surface area contributed by atoms with E-state index in [1.165, 1.54) is 29.2 Å². The van der Waals surface area contributed by atoms with Gasteiger partial charge in [0, 0.05) is 30.4 Å². The zero-order valence-corrected chi connectivity index (χ0v) is 10.6. The van der Waals surface area contributed by atoms with Gasteiger partial charge < -0.3 is 5.32 Å². The zero-order valence-electron chi connectivity index (χ0n) is 10.6. The van der Waals surface area contributed by atoms with Crippen LogP contribution in [0.3, 0.4) is 0 Å². The second kappa shape index (κ2) is 5.78. The highest BCUT2D eigenvalue weighted by Crippen LogP contribution is 2.14. The Hall–Kier alpha value is -1.41. The summed E-state index contributed by atoms with van der Waals surface area (Å²) < 4.78 is 0. The van der Waals surface area contributed by atoms with Gasteiger partial charge in [0.2, 0.25) is 0 Å². The Kier molecular flexibility index (Phi) is 4.10. The van der Waals surface area contributed by atoms with Gasteiger partial charge in [0.05, 0.1) is 0 Å². The summed E-state index contributed by atoms with van der Waals surface area (Å²) in [6.45, 7) is 5.41. The fourth-order valence-electron chi connectivity index (χ4n) is 2.07. The SMILES string of the molecule is CCCC(C)NCc1ccc2cnccc2c1. The molecule has 0 aliphatic carbocycles. The molecule has 0 aliphatic heterocycles. The third-order valence-electron chi connectivity index (χ3n) is 3.08. The molecule has 90 valence electrons. The normalized spacial score (nSPS) is 12.8. The number of nitrogens with zero attached hydrogens (tertiary/aromatic N) is 1. The van der Waals surface area contributed by atoms with E-state index in [9.17, 15) is 0 Å². The van der Waals surface area contributed by atoms with Crippen molar-refractivity contribution in [1.29, 1.82) is 0 Å². The van der Waals surface area contributed by atoms with Gasteiger partial charge in [-0.25, -0.2) is 0 Å². The van der Waals surface area contributed by atoms with Gasteiger partial charge in [-0.05, 0) is 36.4 Å². The third-order valence-corrected chi connectivity index (χ3v) is 3.08. The Bertz CT molecular complexity index is 479. The quantitative estimate of drug-likeness (QED) is 0.847. The first kappa shape index (κ1) is 12.1. The molecule has 1 unspecified atom stereocenters. The van der Waals surface area contributed by atoms with Crippen LogP contribution in [-0.4, -0.2) is 11.0 Å². The molecule has 2 nitrogen and oxygen atoms in total. The van der Waals surface area contributed by atoms with Gasteiger partial charge >= 0.3 is 0 Å². The summed E-state index contributed by atoms with van der Waals surface area (Å²) in [5, 5.41) is 6.02. The lowest BCUT2D eigenvalue weighted by Gasteiger charge is -2.12. The Morgan fingerprint density at radius 2 is 2.12 bits per heavy atom. The lowest BCUT2D eigenvalue weighted by molar-refractivity contribution is 0.508. The fourth-order valence-corrected chi connectivity index (χ4v) is 2.07. The predicted molar refractivity (Wildman–Crippen MR) is 73.0 cm³/mol. The van der Waals surface area contributed by atoms with Crippen molar-refractivity contribution >= 4 is 10.8 Å². The number of hydrogen-bond acceptors (Lipinski definition) is 2. The molecule has 17 heavy (non-hydrogen) atoms. The molecule has 1 N–H and O–H groups in total. The van der Waals surface area contributed by atoms with Crippen LogP contribution in [0, 0.1) is 0 Å². The van der Waals surface area contributed by atoms with Crippen molar-refractivity contribution in [3.8, 4) is 0 Å². The van der Waals surface area contributed by atoms with Crippen LogP contribution in [0.2, 0.25) is 0 Å². The molecule has 2 rings (SSSR count). The molecular weight excluding hydrogens is 208 g/mol. The fraction of sp³-hybridized carbons (Fsp3) is 0.400. The van der Waals surface area contributed by atoms with E-state index in [0.717, 1.165) is 6.54 Å². The van der Waals surface area contributed by atoms with Gasteiger partial charge in [-0.3, -0.25) is 4.98 Å². The summed E-state index contributed by atoms with van der Waals surface area (Å²) in [5.74, 6) is 0. The molecule has 2 heteroatoms. The number of nitrogens with one attached hydrogen (secondary N) is 1. The number of fused-ring (bicyclic) bond motifs is 1. The Labute approximate surface area is 103 Å². The van der Waals surface area contributed by atoms with Gasteiger partial charge in [-0.2, -0.15) is 0 Å². The molecule has 1 atom stereocenters. The van der Waals surface area contributed by atoms with E-state index in [1.54, 1.807) is 0 Å². The van der Waals surface area contributed by atoms with Crippen LogP contribution in [0.25, 0.3) is 10.8 Å². The maximum atomic E-state index is 4.13. The lowest BCUT2D eigenvalue weighted by atomic mass is 10.1. The maximum Gasteiger partial charge on any atom is 0.0346 e. The average Bonchev–Trinajstić information content (AvgIpc) is 2.36. The molecular formula is C15H20N2. The van der Waals surface area contributed by atoms with Crippen molar-refractivity contribution in [2.45, 2.75) is 39.3 Å². The minimum absolute atomic E-state index is 0.591. The minimum Gasteiger partial charge on any atom is -0.310 e. The number of aromatic nitrogens is 1. The van der Waals surface area contributed by atoms with Crippen molar-refractivity contribution in [3.63, 3.8) is 0 Å². The predicted octanol–water partition coefficient (Wildman–Crippen LogP) is 3.51. The van der Waals surface area contributed by atoms with Crippen molar-refractivity contribution < 1.29 is 0 Å². The molecule has 0 amide bonds.